The van der Waals surface area contributed by atoms with E-state index in [0.717, 1.165) is 5.69 Å². The minimum Gasteiger partial charge on any atom is -0.459 e. The third-order valence-corrected chi connectivity index (χ3v) is 2.47. The van der Waals surface area contributed by atoms with Crippen molar-refractivity contribution in [2.24, 2.45) is 4.99 Å². The van der Waals surface area contributed by atoms with Crippen molar-refractivity contribution in [1.29, 1.82) is 0 Å². The number of allylic oxidation sites excluding steroid dienone is 1. The summed E-state index contributed by atoms with van der Waals surface area (Å²) in [6.45, 7) is 4.19. The topological polar surface area (TPSA) is 41.9 Å². The monoisotopic (exact) mass is 244 g/mol. The molecule has 18 heavy (non-hydrogen) atoms. The smallest absolute Gasteiger partial charge is 0.340 e. The van der Waals surface area contributed by atoms with E-state index < -0.39 is 0 Å². The lowest BCUT2D eigenvalue weighted by Crippen LogP contribution is -2.22. The second kappa shape index (κ2) is 5.49. The zero-order valence-corrected chi connectivity index (χ0v) is 10.5. The molecule has 0 aromatic heterocycles. The van der Waals surface area contributed by atoms with Gasteiger partial charge in [-0.3, -0.25) is 4.99 Å². The van der Waals surface area contributed by atoms with Gasteiger partial charge in [-0.15, -0.1) is 0 Å². The van der Waals surface area contributed by atoms with E-state index in [4.69, 9.17) is 4.74 Å². The van der Waals surface area contributed by atoms with E-state index in [2.05, 4.69) is 4.99 Å². The van der Waals surface area contributed by atoms with Crippen molar-refractivity contribution in [2.45, 2.75) is 20.0 Å². The summed E-state index contributed by atoms with van der Waals surface area (Å²) in [6, 6.07) is 7.39. The van der Waals surface area contributed by atoms with Gasteiger partial charge in [-0.1, -0.05) is 12.1 Å². The zero-order chi connectivity index (χ0) is 13.0. The van der Waals surface area contributed by atoms with Gasteiger partial charge in [0, 0.05) is 12.4 Å². The Labute approximate surface area is 107 Å². The molecule has 1 aromatic carbocycles. The number of ether oxygens (including phenoxy) is 1. The van der Waals surface area contributed by atoms with Crippen LogP contribution in [0.5, 0.6) is 0 Å². The van der Waals surface area contributed by atoms with E-state index >= 15 is 0 Å². The van der Waals surface area contributed by atoms with Crippen LogP contribution < -0.4 is 4.90 Å². The van der Waals surface area contributed by atoms with Crippen molar-refractivity contribution in [3.63, 3.8) is 0 Å². The molecule has 0 spiro atoms. The molecule has 94 valence electrons. The van der Waals surface area contributed by atoms with Crippen LogP contribution in [0.2, 0.25) is 0 Å². The second-order valence-electron chi connectivity index (χ2n) is 4.26. The molecule has 0 aliphatic carbocycles. The van der Waals surface area contributed by atoms with Crippen LogP contribution in [0.4, 0.5) is 5.69 Å². The molecule has 4 heteroatoms. The fourth-order valence-electron chi connectivity index (χ4n) is 1.72. The lowest BCUT2D eigenvalue weighted by Gasteiger charge is -2.22. The highest BCUT2D eigenvalue weighted by atomic mass is 16.5. The number of para-hydroxylation sites is 1. The third-order valence-electron chi connectivity index (χ3n) is 2.47. The first kappa shape index (κ1) is 12.4. The van der Waals surface area contributed by atoms with Crippen LogP contribution in [0, 0.1) is 0 Å². The molecule has 0 bridgehead atoms. The van der Waals surface area contributed by atoms with Crippen LogP contribution in [-0.4, -0.2) is 25.0 Å². The molecule has 4 nitrogen and oxygen atoms in total. The SMILES string of the molecule is CC(C)OC(=O)c1ccccc1N1C=CC=NC1. The second-order valence-corrected chi connectivity index (χ2v) is 4.26. The minimum atomic E-state index is -0.302. The number of benzene rings is 1. The summed E-state index contributed by atoms with van der Waals surface area (Å²) < 4.78 is 5.24. The standard InChI is InChI=1S/C14H16N2O2/c1-11(2)18-14(17)12-6-3-4-7-13(12)16-9-5-8-15-10-16/h3-9,11H,10H2,1-2H3. The van der Waals surface area contributed by atoms with Crippen LogP contribution in [0.1, 0.15) is 24.2 Å². The van der Waals surface area contributed by atoms with Gasteiger partial charge in [0.1, 0.15) is 6.67 Å². The van der Waals surface area contributed by atoms with E-state index in [-0.39, 0.29) is 12.1 Å². The van der Waals surface area contributed by atoms with Crippen molar-refractivity contribution in [3.05, 3.63) is 42.1 Å². The van der Waals surface area contributed by atoms with Crippen LogP contribution in [-0.2, 0) is 4.74 Å². The Morgan fingerprint density at radius 1 is 1.39 bits per heavy atom. The Morgan fingerprint density at radius 3 is 2.83 bits per heavy atom. The molecule has 0 saturated carbocycles. The van der Waals surface area contributed by atoms with Gasteiger partial charge in [0.25, 0.3) is 0 Å². The van der Waals surface area contributed by atoms with E-state index in [1.54, 1.807) is 12.3 Å². The zero-order valence-electron chi connectivity index (χ0n) is 10.5. The van der Waals surface area contributed by atoms with Gasteiger partial charge in [-0.25, -0.2) is 4.79 Å². The van der Waals surface area contributed by atoms with Crippen LogP contribution in [0.15, 0.2) is 41.5 Å². The fraction of sp³-hybridized carbons (Fsp3) is 0.286. The molecule has 0 amide bonds. The number of hydrogen-bond donors (Lipinski definition) is 0. The number of hydrogen-bond acceptors (Lipinski definition) is 4. The van der Waals surface area contributed by atoms with Gasteiger partial charge in [-0.05, 0) is 32.1 Å². The first-order chi connectivity index (χ1) is 8.68. The molecule has 0 unspecified atom stereocenters. The molecule has 1 aromatic rings. The first-order valence-electron chi connectivity index (χ1n) is 5.92. The van der Waals surface area contributed by atoms with Gasteiger partial charge in [0.15, 0.2) is 0 Å². The Hall–Kier alpha value is -2.10. The fourth-order valence-corrected chi connectivity index (χ4v) is 1.72. The lowest BCUT2D eigenvalue weighted by atomic mass is 10.1. The van der Waals surface area contributed by atoms with Gasteiger partial charge in [-0.2, -0.15) is 0 Å². The minimum absolute atomic E-state index is 0.125. The quantitative estimate of drug-likeness (QED) is 0.767. The Balaban J connectivity index is 2.28. The van der Waals surface area contributed by atoms with Gasteiger partial charge < -0.3 is 9.64 Å². The molecule has 0 saturated heterocycles. The number of anilines is 1. The number of carbonyl (C=O) groups excluding carboxylic acids is 1. The Kier molecular flexibility index (Phi) is 3.77. The van der Waals surface area contributed by atoms with Crippen molar-refractivity contribution < 1.29 is 9.53 Å². The average Bonchev–Trinajstić information content (AvgIpc) is 2.39. The molecular formula is C14H16N2O2. The summed E-state index contributed by atoms with van der Waals surface area (Å²) in [7, 11) is 0. The highest BCUT2D eigenvalue weighted by Gasteiger charge is 2.17. The predicted octanol–water partition coefficient (Wildman–Crippen LogP) is 2.61. The maximum Gasteiger partial charge on any atom is 0.340 e. The molecule has 1 aliphatic rings. The van der Waals surface area contributed by atoms with Crippen LogP contribution in [0.3, 0.4) is 0 Å². The van der Waals surface area contributed by atoms with Crippen molar-refractivity contribution >= 4 is 17.9 Å². The molecule has 0 radical (unpaired) electrons. The average molecular weight is 244 g/mol. The number of carbonyl (C=O) groups is 1. The number of esters is 1. The van der Waals surface area contributed by atoms with Crippen LogP contribution in [0.25, 0.3) is 0 Å². The maximum absolute atomic E-state index is 12.0. The summed E-state index contributed by atoms with van der Waals surface area (Å²) in [6.07, 6.45) is 5.36. The summed E-state index contributed by atoms with van der Waals surface area (Å²) in [4.78, 5) is 18.1. The Bertz CT molecular complexity index is 492. The lowest BCUT2D eigenvalue weighted by molar-refractivity contribution is 0.0379. The van der Waals surface area contributed by atoms with Crippen molar-refractivity contribution in [1.82, 2.24) is 0 Å². The summed E-state index contributed by atoms with van der Waals surface area (Å²) in [5.41, 5.74) is 1.38. The van der Waals surface area contributed by atoms with Crippen LogP contribution >= 0.6 is 0 Å². The molecule has 0 N–H and O–H groups in total. The molecule has 1 aliphatic heterocycles. The molecule has 1 heterocycles. The summed E-state index contributed by atoms with van der Waals surface area (Å²) in [5, 5.41) is 0. The number of rotatable bonds is 3. The van der Waals surface area contributed by atoms with Crippen molar-refractivity contribution in [3.8, 4) is 0 Å². The largest absolute Gasteiger partial charge is 0.459 e. The van der Waals surface area contributed by atoms with Crippen molar-refractivity contribution in [2.75, 3.05) is 11.6 Å². The molecule has 0 atom stereocenters. The highest BCUT2D eigenvalue weighted by Crippen LogP contribution is 2.22. The van der Waals surface area contributed by atoms with Gasteiger partial charge >= 0.3 is 5.97 Å². The predicted molar refractivity (Wildman–Crippen MR) is 72.0 cm³/mol. The third kappa shape index (κ3) is 2.77. The Morgan fingerprint density at radius 2 is 2.17 bits per heavy atom. The summed E-state index contributed by atoms with van der Waals surface area (Å²) >= 11 is 0. The normalized spacial score (nSPS) is 14.1. The maximum atomic E-state index is 12.0. The van der Waals surface area contributed by atoms with E-state index in [1.165, 1.54) is 0 Å². The van der Waals surface area contributed by atoms with E-state index in [0.29, 0.717) is 12.2 Å². The van der Waals surface area contributed by atoms with E-state index in [9.17, 15) is 4.79 Å². The highest BCUT2D eigenvalue weighted by molar-refractivity contribution is 5.96. The number of aliphatic imine (C=N–C) groups is 1. The van der Waals surface area contributed by atoms with E-state index in [1.807, 2.05) is 49.2 Å². The van der Waals surface area contributed by atoms with Gasteiger partial charge in [0.05, 0.1) is 17.4 Å². The molecular weight excluding hydrogens is 228 g/mol. The summed E-state index contributed by atoms with van der Waals surface area (Å²) in [5.74, 6) is -0.302. The molecule has 2 rings (SSSR count). The first-order valence-corrected chi connectivity index (χ1v) is 5.92. The van der Waals surface area contributed by atoms with Gasteiger partial charge in [0.2, 0.25) is 0 Å². The molecule has 0 fully saturated rings. The number of nitrogens with zero attached hydrogens (tertiary/aromatic N) is 2.